The number of hydrogen-bond donors (Lipinski definition) is 1. The Kier molecular flexibility index (Phi) is 3.48. The number of fused-ring (bicyclic) bond motifs is 2. The zero-order valence-corrected chi connectivity index (χ0v) is 11.8. The maximum Gasteiger partial charge on any atom is 0.251 e. The number of benzene rings is 1. The Morgan fingerprint density at radius 3 is 2.60 bits per heavy atom. The van der Waals surface area contributed by atoms with Gasteiger partial charge in [-0.15, -0.1) is 0 Å². The molecule has 0 radical (unpaired) electrons. The lowest BCUT2D eigenvalue weighted by Crippen LogP contribution is -2.40. The van der Waals surface area contributed by atoms with E-state index >= 15 is 0 Å². The molecule has 0 saturated heterocycles. The number of carbonyl (C=O) groups is 1. The molecule has 3 rings (SSSR count). The zero-order chi connectivity index (χ0) is 14.1. The first-order valence-corrected chi connectivity index (χ1v) is 7.48. The Hall–Kier alpha value is -1.82. The molecule has 0 unspecified atom stereocenters. The lowest BCUT2D eigenvalue weighted by molar-refractivity contribution is 0.0915. The number of carbonyl (C=O) groups excluding carboxylic acids is 1. The molecule has 3 heteroatoms. The molecule has 1 amide bonds. The molecule has 2 aliphatic rings. The quantitative estimate of drug-likeness (QED) is 0.915. The Bertz CT molecular complexity index is 543. The molecular weight excluding hydrogens is 248 g/mol. The lowest BCUT2D eigenvalue weighted by Gasteiger charge is -2.28. The second-order valence-corrected chi connectivity index (χ2v) is 6.29. The topological polar surface area (TPSA) is 52.9 Å². The number of nitrogens with zero attached hydrogens (tertiary/aromatic N) is 1. The van der Waals surface area contributed by atoms with Crippen molar-refractivity contribution in [3.05, 3.63) is 35.4 Å². The second kappa shape index (κ2) is 5.28. The van der Waals surface area contributed by atoms with Crippen molar-refractivity contribution < 1.29 is 4.79 Å². The lowest BCUT2D eigenvalue weighted by atomic mass is 9.84. The van der Waals surface area contributed by atoms with Crippen molar-refractivity contribution in [2.45, 2.75) is 38.6 Å². The molecule has 1 aromatic rings. The van der Waals surface area contributed by atoms with Crippen molar-refractivity contribution in [1.29, 1.82) is 5.26 Å². The van der Waals surface area contributed by atoms with Gasteiger partial charge in [-0.3, -0.25) is 4.79 Å². The van der Waals surface area contributed by atoms with E-state index in [9.17, 15) is 4.79 Å². The largest absolute Gasteiger partial charge is 0.349 e. The van der Waals surface area contributed by atoms with Crippen LogP contribution in [0.1, 0.15) is 48.5 Å². The van der Waals surface area contributed by atoms with Crippen LogP contribution in [0.5, 0.6) is 0 Å². The summed E-state index contributed by atoms with van der Waals surface area (Å²) in [5.41, 5.74) is 1.22. The minimum atomic E-state index is -0.0234. The third-order valence-corrected chi connectivity index (χ3v) is 5.07. The van der Waals surface area contributed by atoms with Gasteiger partial charge in [0.2, 0.25) is 0 Å². The molecule has 0 spiro atoms. The minimum Gasteiger partial charge on any atom is -0.349 e. The van der Waals surface area contributed by atoms with E-state index in [2.05, 4.69) is 18.3 Å². The van der Waals surface area contributed by atoms with Crippen LogP contribution in [0, 0.1) is 29.1 Å². The minimum absolute atomic E-state index is 0.0234. The number of nitriles is 1. The highest BCUT2D eigenvalue weighted by Crippen LogP contribution is 2.49. The van der Waals surface area contributed by atoms with Gasteiger partial charge in [-0.05, 0) is 68.2 Å². The highest BCUT2D eigenvalue weighted by atomic mass is 16.1. The van der Waals surface area contributed by atoms with E-state index < -0.39 is 0 Å². The summed E-state index contributed by atoms with van der Waals surface area (Å²) < 4.78 is 0. The van der Waals surface area contributed by atoms with Gasteiger partial charge >= 0.3 is 0 Å². The summed E-state index contributed by atoms with van der Waals surface area (Å²) in [4.78, 5) is 12.2. The van der Waals surface area contributed by atoms with Gasteiger partial charge < -0.3 is 5.32 Å². The van der Waals surface area contributed by atoms with Gasteiger partial charge in [-0.25, -0.2) is 0 Å². The van der Waals surface area contributed by atoms with E-state index in [4.69, 9.17) is 5.26 Å². The van der Waals surface area contributed by atoms with Gasteiger partial charge in [0.1, 0.15) is 0 Å². The second-order valence-electron chi connectivity index (χ2n) is 6.29. The van der Waals surface area contributed by atoms with E-state index in [-0.39, 0.29) is 11.9 Å². The SMILES string of the molecule is C[C@@H](NC(=O)c1ccc(C#N)cc1)[C@@H]1C[C@H]2CC[C@H]1C2. The summed E-state index contributed by atoms with van der Waals surface area (Å²) >= 11 is 0. The van der Waals surface area contributed by atoms with E-state index in [1.54, 1.807) is 24.3 Å². The first-order chi connectivity index (χ1) is 9.67. The molecule has 0 heterocycles. The van der Waals surface area contributed by atoms with Crippen LogP contribution in [-0.2, 0) is 0 Å². The zero-order valence-electron chi connectivity index (χ0n) is 11.8. The van der Waals surface area contributed by atoms with Crippen LogP contribution in [0.2, 0.25) is 0 Å². The van der Waals surface area contributed by atoms with Crippen molar-refractivity contribution in [3.8, 4) is 6.07 Å². The fourth-order valence-electron chi connectivity index (χ4n) is 4.00. The summed E-state index contributed by atoms with van der Waals surface area (Å²) in [5.74, 6) is 2.34. The fourth-order valence-corrected chi connectivity index (χ4v) is 4.00. The molecule has 2 fully saturated rings. The summed E-state index contributed by atoms with van der Waals surface area (Å²) in [6.07, 6.45) is 5.37. The van der Waals surface area contributed by atoms with E-state index in [1.807, 2.05) is 0 Å². The summed E-state index contributed by atoms with van der Waals surface area (Å²) in [7, 11) is 0. The number of rotatable bonds is 3. The van der Waals surface area contributed by atoms with Crippen LogP contribution in [0.4, 0.5) is 0 Å². The molecular formula is C17H20N2O. The monoisotopic (exact) mass is 268 g/mol. The number of amides is 1. The molecule has 2 bridgehead atoms. The summed E-state index contributed by atoms with van der Waals surface area (Å²) in [6, 6.07) is 9.14. The Morgan fingerprint density at radius 1 is 1.30 bits per heavy atom. The van der Waals surface area contributed by atoms with Gasteiger partial charge in [0.15, 0.2) is 0 Å². The maximum atomic E-state index is 12.2. The van der Waals surface area contributed by atoms with Crippen molar-refractivity contribution in [3.63, 3.8) is 0 Å². The molecule has 2 saturated carbocycles. The molecule has 1 aromatic carbocycles. The van der Waals surface area contributed by atoms with Gasteiger partial charge in [0.25, 0.3) is 5.91 Å². The maximum absolute atomic E-state index is 12.2. The molecule has 0 aromatic heterocycles. The van der Waals surface area contributed by atoms with Crippen LogP contribution in [0.3, 0.4) is 0 Å². The van der Waals surface area contributed by atoms with Gasteiger partial charge in [0, 0.05) is 11.6 Å². The Labute approximate surface area is 120 Å². The van der Waals surface area contributed by atoms with Gasteiger partial charge in [-0.2, -0.15) is 5.26 Å². The van der Waals surface area contributed by atoms with Crippen molar-refractivity contribution in [1.82, 2.24) is 5.32 Å². The van der Waals surface area contributed by atoms with Crippen LogP contribution in [-0.4, -0.2) is 11.9 Å². The average molecular weight is 268 g/mol. The van der Waals surface area contributed by atoms with Crippen molar-refractivity contribution >= 4 is 5.91 Å². The molecule has 3 nitrogen and oxygen atoms in total. The molecule has 1 N–H and O–H groups in total. The standard InChI is InChI=1S/C17H20N2O/c1-11(16-9-13-4-7-15(16)8-13)19-17(20)14-5-2-12(10-18)3-6-14/h2-3,5-6,11,13,15-16H,4,7-9H2,1H3,(H,19,20)/t11-,13+,15+,16+/m1/s1. The van der Waals surface area contributed by atoms with E-state index in [1.165, 1.54) is 25.7 Å². The van der Waals surface area contributed by atoms with Gasteiger partial charge in [-0.1, -0.05) is 6.42 Å². The first-order valence-electron chi connectivity index (χ1n) is 7.48. The van der Waals surface area contributed by atoms with Crippen molar-refractivity contribution in [2.24, 2.45) is 17.8 Å². The first kappa shape index (κ1) is 13.2. The van der Waals surface area contributed by atoms with Crippen LogP contribution < -0.4 is 5.32 Å². The average Bonchev–Trinajstić information content (AvgIpc) is 3.10. The highest BCUT2D eigenvalue weighted by molar-refractivity contribution is 5.94. The highest BCUT2D eigenvalue weighted by Gasteiger charge is 2.42. The van der Waals surface area contributed by atoms with Crippen LogP contribution >= 0.6 is 0 Å². The normalized spacial score (nSPS) is 28.9. The molecule has 2 aliphatic carbocycles. The number of hydrogen-bond acceptors (Lipinski definition) is 2. The molecule has 0 aliphatic heterocycles. The van der Waals surface area contributed by atoms with Crippen LogP contribution in [0.15, 0.2) is 24.3 Å². The fraction of sp³-hybridized carbons (Fsp3) is 0.529. The van der Waals surface area contributed by atoms with E-state index in [0.717, 1.165) is 11.8 Å². The Balaban J connectivity index is 1.62. The molecule has 4 atom stereocenters. The number of nitrogens with one attached hydrogen (secondary N) is 1. The summed E-state index contributed by atoms with van der Waals surface area (Å²) in [6.45, 7) is 2.13. The third-order valence-electron chi connectivity index (χ3n) is 5.07. The van der Waals surface area contributed by atoms with Gasteiger partial charge in [0.05, 0.1) is 11.6 Å². The third kappa shape index (κ3) is 2.43. The van der Waals surface area contributed by atoms with Crippen LogP contribution in [0.25, 0.3) is 0 Å². The predicted octanol–water partition coefficient (Wildman–Crippen LogP) is 3.11. The Morgan fingerprint density at radius 2 is 2.05 bits per heavy atom. The summed E-state index contributed by atoms with van der Waals surface area (Å²) in [5, 5.41) is 11.9. The predicted molar refractivity (Wildman–Crippen MR) is 77.0 cm³/mol. The van der Waals surface area contributed by atoms with E-state index in [0.29, 0.717) is 17.0 Å². The molecule has 104 valence electrons. The van der Waals surface area contributed by atoms with Crippen molar-refractivity contribution in [2.75, 3.05) is 0 Å². The smallest absolute Gasteiger partial charge is 0.251 e. The molecule has 20 heavy (non-hydrogen) atoms.